The molecular formula is C9H18N2O. The lowest BCUT2D eigenvalue weighted by Gasteiger charge is -2.42. The normalized spacial score (nSPS) is 28.5. The van der Waals surface area contributed by atoms with Crippen LogP contribution in [0.15, 0.2) is 0 Å². The molecule has 1 heterocycles. The van der Waals surface area contributed by atoms with Gasteiger partial charge in [0.1, 0.15) is 0 Å². The summed E-state index contributed by atoms with van der Waals surface area (Å²) in [5, 5.41) is 0. The highest BCUT2D eigenvalue weighted by Gasteiger charge is 2.39. The molecule has 3 heteroatoms. The van der Waals surface area contributed by atoms with Crippen LogP contribution in [0.3, 0.4) is 0 Å². The van der Waals surface area contributed by atoms with Gasteiger partial charge in [-0.05, 0) is 18.8 Å². The summed E-state index contributed by atoms with van der Waals surface area (Å²) in [6, 6.07) is 1.08. The molecule has 12 heavy (non-hydrogen) atoms. The summed E-state index contributed by atoms with van der Waals surface area (Å²) in [6.45, 7) is 3.03. The van der Waals surface area contributed by atoms with Crippen LogP contribution in [0.5, 0.6) is 0 Å². The summed E-state index contributed by atoms with van der Waals surface area (Å²) >= 11 is 0. The number of ether oxygens (including phenoxy) is 1. The van der Waals surface area contributed by atoms with Crippen LogP contribution in [0, 0.1) is 5.92 Å². The summed E-state index contributed by atoms with van der Waals surface area (Å²) in [5.41, 5.74) is 5.74. The zero-order chi connectivity index (χ0) is 8.55. The summed E-state index contributed by atoms with van der Waals surface area (Å²) in [4.78, 5) is 2.46. The van der Waals surface area contributed by atoms with Crippen LogP contribution in [-0.2, 0) is 4.74 Å². The topological polar surface area (TPSA) is 38.5 Å². The van der Waals surface area contributed by atoms with Gasteiger partial charge in [-0.3, -0.25) is 4.90 Å². The van der Waals surface area contributed by atoms with E-state index in [4.69, 9.17) is 10.5 Å². The Hall–Kier alpha value is -0.120. The molecule has 70 valence electrons. The Balaban J connectivity index is 1.80. The smallest absolute Gasteiger partial charge is 0.0620 e. The average molecular weight is 170 g/mol. The average Bonchev–Trinajstić information content (AvgIpc) is 2.77. The first kappa shape index (κ1) is 8.48. The summed E-state index contributed by atoms with van der Waals surface area (Å²) in [6.07, 6.45) is 2.78. The lowest BCUT2D eigenvalue weighted by Crippen LogP contribution is -2.60. The SMILES string of the molecule is COCC(C1CC1)N1CC(N)C1. The van der Waals surface area contributed by atoms with Gasteiger partial charge in [0.05, 0.1) is 6.61 Å². The molecule has 1 aliphatic heterocycles. The molecule has 2 aliphatic rings. The number of nitrogens with zero attached hydrogens (tertiary/aromatic N) is 1. The van der Waals surface area contributed by atoms with Gasteiger partial charge >= 0.3 is 0 Å². The van der Waals surface area contributed by atoms with E-state index in [1.165, 1.54) is 12.8 Å². The van der Waals surface area contributed by atoms with Gasteiger partial charge < -0.3 is 10.5 Å². The Morgan fingerprint density at radius 2 is 2.17 bits per heavy atom. The fraction of sp³-hybridized carbons (Fsp3) is 1.00. The number of likely N-dealkylation sites (tertiary alicyclic amines) is 1. The molecule has 2 N–H and O–H groups in total. The standard InChI is InChI=1S/C9H18N2O/c1-12-6-9(7-2-3-7)11-4-8(10)5-11/h7-9H,2-6,10H2,1H3. The number of hydrogen-bond acceptors (Lipinski definition) is 3. The zero-order valence-electron chi connectivity index (χ0n) is 7.70. The van der Waals surface area contributed by atoms with Gasteiger partial charge in [-0.2, -0.15) is 0 Å². The van der Waals surface area contributed by atoms with Crippen molar-refractivity contribution in [3.63, 3.8) is 0 Å². The lowest BCUT2D eigenvalue weighted by molar-refractivity contribution is 0.0277. The van der Waals surface area contributed by atoms with Crippen LogP contribution >= 0.6 is 0 Å². The van der Waals surface area contributed by atoms with Crippen LogP contribution < -0.4 is 5.73 Å². The van der Waals surface area contributed by atoms with E-state index in [1.54, 1.807) is 7.11 Å². The monoisotopic (exact) mass is 170 g/mol. The molecule has 2 fully saturated rings. The Kier molecular flexibility index (Phi) is 2.35. The Morgan fingerprint density at radius 1 is 1.50 bits per heavy atom. The quantitative estimate of drug-likeness (QED) is 0.648. The molecule has 1 saturated carbocycles. The maximum Gasteiger partial charge on any atom is 0.0620 e. The lowest BCUT2D eigenvalue weighted by atomic mass is 10.0. The molecule has 0 radical (unpaired) electrons. The minimum atomic E-state index is 0.420. The molecule has 1 aliphatic carbocycles. The Morgan fingerprint density at radius 3 is 2.58 bits per heavy atom. The minimum Gasteiger partial charge on any atom is -0.383 e. The fourth-order valence-electron chi connectivity index (χ4n) is 2.01. The number of rotatable bonds is 4. The van der Waals surface area contributed by atoms with Gasteiger partial charge in [-0.1, -0.05) is 0 Å². The number of methoxy groups -OCH3 is 1. The summed E-state index contributed by atoms with van der Waals surface area (Å²) < 4.78 is 5.21. The van der Waals surface area contributed by atoms with Crippen molar-refractivity contribution in [2.24, 2.45) is 11.7 Å². The second kappa shape index (κ2) is 3.32. The van der Waals surface area contributed by atoms with Crippen LogP contribution in [0.25, 0.3) is 0 Å². The van der Waals surface area contributed by atoms with E-state index >= 15 is 0 Å². The Bertz CT molecular complexity index is 153. The van der Waals surface area contributed by atoms with Gasteiger partial charge in [0.2, 0.25) is 0 Å². The largest absolute Gasteiger partial charge is 0.383 e. The maximum absolute atomic E-state index is 5.74. The number of hydrogen-bond donors (Lipinski definition) is 1. The van der Waals surface area contributed by atoms with Crippen molar-refractivity contribution < 1.29 is 4.74 Å². The molecule has 0 aromatic heterocycles. The predicted molar refractivity (Wildman–Crippen MR) is 47.9 cm³/mol. The predicted octanol–water partition coefficient (Wildman–Crippen LogP) is 0.0543. The van der Waals surface area contributed by atoms with Crippen molar-refractivity contribution in [1.82, 2.24) is 4.90 Å². The Labute approximate surface area is 73.9 Å². The third-order valence-electron chi connectivity index (χ3n) is 2.91. The molecule has 2 rings (SSSR count). The molecule has 0 amide bonds. The highest BCUT2D eigenvalue weighted by molar-refractivity contribution is 4.95. The van der Waals surface area contributed by atoms with Crippen LogP contribution in [0.2, 0.25) is 0 Å². The van der Waals surface area contributed by atoms with Crippen LogP contribution in [0.1, 0.15) is 12.8 Å². The van der Waals surface area contributed by atoms with E-state index in [2.05, 4.69) is 4.90 Å². The van der Waals surface area contributed by atoms with Gasteiger partial charge in [-0.15, -0.1) is 0 Å². The highest BCUT2D eigenvalue weighted by Crippen LogP contribution is 2.36. The molecule has 0 spiro atoms. The van der Waals surface area contributed by atoms with Crippen molar-refractivity contribution in [1.29, 1.82) is 0 Å². The van der Waals surface area contributed by atoms with E-state index < -0.39 is 0 Å². The van der Waals surface area contributed by atoms with Crippen molar-refractivity contribution >= 4 is 0 Å². The first-order valence-corrected chi connectivity index (χ1v) is 4.80. The molecule has 0 bridgehead atoms. The summed E-state index contributed by atoms with van der Waals surface area (Å²) in [7, 11) is 1.79. The molecular weight excluding hydrogens is 152 g/mol. The number of nitrogens with two attached hydrogens (primary N) is 1. The van der Waals surface area contributed by atoms with Gasteiger partial charge in [0.15, 0.2) is 0 Å². The molecule has 0 aromatic carbocycles. The first-order chi connectivity index (χ1) is 5.81. The van der Waals surface area contributed by atoms with E-state index in [0.717, 1.165) is 25.6 Å². The van der Waals surface area contributed by atoms with Crippen molar-refractivity contribution in [3.8, 4) is 0 Å². The highest BCUT2D eigenvalue weighted by atomic mass is 16.5. The third kappa shape index (κ3) is 1.63. The van der Waals surface area contributed by atoms with Crippen LogP contribution in [-0.4, -0.2) is 43.8 Å². The molecule has 3 nitrogen and oxygen atoms in total. The van der Waals surface area contributed by atoms with E-state index in [-0.39, 0.29) is 0 Å². The van der Waals surface area contributed by atoms with Gasteiger partial charge in [-0.25, -0.2) is 0 Å². The van der Waals surface area contributed by atoms with E-state index in [1.807, 2.05) is 0 Å². The fourth-order valence-corrected chi connectivity index (χ4v) is 2.01. The van der Waals surface area contributed by atoms with E-state index in [0.29, 0.717) is 12.1 Å². The van der Waals surface area contributed by atoms with Crippen LogP contribution in [0.4, 0.5) is 0 Å². The first-order valence-electron chi connectivity index (χ1n) is 4.80. The van der Waals surface area contributed by atoms with Gasteiger partial charge in [0, 0.05) is 32.3 Å². The second-order valence-corrected chi connectivity index (χ2v) is 4.07. The van der Waals surface area contributed by atoms with Crippen molar-refractivity contribution in [3.05, 3.63) is 0 Å². The van der Waals surface area contributed by atoms with E-state index in [9.17, 15) is 0 Å². The maximum atomic E-state index is 5.74. The minimum absolute atomic E-state index is 0.420. The molecule has 1 saturated heterocycles. The summed E-state index contributed by atoms with van der Waals surface area (Å²) in [5.74, 6) is 0.900. The van der Waals surface area contributed by atoms with Crippen molar-refractivity contribution in [2.75, 3.05) is 26.8 Å². The molecule has 0 aromatic rings. The third-order valence-corrected chi connectivity index (χ3v) is 2.91. The second-order valence-electron chi connectivity index (χ2n) is 4.07. The molecule has 1 atom stereocenters. The van der Waals surface area contributed by atoms with Gasteiger partial charge in [0.25, 0.3) is 0 Å². The zero-order valence-corrected chi connectivity index (χ0v) is 7.70. The van der Waals surface area contributed by atoms with Crippen molar-refractivity contribution in [2.45, 2.75) is 24.9 Å². The molecule has 1 unspecified atom stereocenters.